The molecule has 0 saturated heterocycles. The number of thiazole rings is 1. The fraction of sp³-hybridized carbons (Fsp3) is 0.333. The molecule has 8 nitrogen and oxygen atoms in total. The fourth-order valence-corrected chi connectivity index (χ4v) is 3.39. The Kier molecular flexibility index (Phi) is 9.92. The van der Waals surface area contributed by atoms with Gasteiger partial charge in [-0.1, -0.05) is 17.7 Å². The average Bonchev–Trinajstić information content (AvgIpc) is 3.38. The van der Waals surface area contributed by atoms with Crippen LogP contribution in [0.15, 0.2) is 45.4 Å². The van der Waals surface area contributed by atoms with Crippen LogP contribution in [0.1, 0.15) is 33.5 Å². The van der Waals surface area contributed by atoms with E-state index in [2.05, 4.69) is 30.9 Å². The second-order valence-corrected chi connectivity index (χ2v) is 7.51. The lowest BCUT2D eigenvalue weighted by atomic mass is 10.1. The molecule has 0 radical (unpaired) electrons. The van der Waals surface area contributed by atoms with E-state index in [9.17, 15) is 4.79 Å². The van der Waals surface area contributed by atoms with Crippen molar-refractivity contribution in [1.29, 1.82) is 0 Å². The van der Waals surface area contributed by atoms with Crippen LogP contribution in [0.5, 0.6) is 0 Å². The van der Waals surface area contributed by atoms with Crippen molar-refractivity contribution in [1.82, 2.24) is 25.9 Å². The summed E-state index contributed by atoms with van der Waals surface area (Å²) in [5, 5.41) is 9.27. The molecule has 2 aromatic heterocycles. The minimum absolute atomic E-state index is 0. The number of aryl methyl sites for hydroxylation is 2. The van der Waals surface area contributed by atoms with E-state index >= 15 is 0 Å². The fourth-order valence-electron chi connectivity index (χ4n) is 2.67. The number of amides is 1. The van der Waals surface area contributed by atoms with Crippen molar-refractivity contribution < 1.29 is 9.21 Å². The molecule has 166 valence electrons. The van der Waals surface area contributed by atoms with Gasteiger partial charge in [0.1, 0.15) is 16.8 Å². The number of rotatable bonds is 8. The van der Waals surface area contributed by atoms with E-state index in [1.165, 1.54) is 16.9 Å². The van der Waals surface area contributed by atoms with Gasteiger partial charge in [0.2, 0.25) is 5.89 Å². The lowest BCUT2D eigenvalue weighted by Crippen LogP contribution is -2.41. The molecule has 0 saturated carbocycles. The highest BCUT2D eigenvalue weighted by molar-refractivity contribution is 14.0. The van der Waals surface area contributed by atoms with Gasteiger partial charge in [0.15, 0.2) is 5.96 Å². The van der Waals surface area contributed by atoms with Crippen molar-refractivity contribution in [2.45, 2.75) is 27.3 Å². The third kappa shape index (κ3) is 7.31. The first-order valence-corrected chi connectivity index (χ1v) is 10.7. The number of carbonyl (C=O) groups excluding carboxylic acids is 1. The van der Waals surface area contributed by atoms with Crippen LogP contribution in [0.3, 0.4) is 0 Å². The Hall–Kier alpha value is -2.47. The van der Waals surface area contributed by atoms with Gasteiger partial charge in [-0.3, -0.25) is 4.79 Å². The predicted octanol–water partition coefficient (Wildman–Crippen LogP) is 3.52. The largest absolute Gasteiger partial charge is 0.444 e. The molecule has 1 aromatic carbocycles. The summed E-state index contributed by atoms with van der Waals surface area (Å²) in [5.74, 6) is 1.13. The van der Waals surface area contributed by atoms with Crippen LogP contribution in [0.2, 0.25) is 0 Å². The Morgan fingerprint density at radius 3 is 2.55 bits per heavy atom. The number of nitrogens with one attached hydrogen (secondary N) is 3. The molecule has 0 spiro atoms. The van der Waals surface area contributed by atoms with Crippen LogP contribution < -0.4 is 16.0 Å². The molecule has 31 heavy (non-hydrogen) atoms. The number of nitrogens with zero attached hydrogens (tertiary/aromatic N) is 3. The van der Waals surface area contributed by atoms with Crippen LogP contribution in [0, 0.1) is 13.8 Å². The molecule has 0 fully saturated rings. The molecule has 3 N–H and O–H groups in total. The standard InChI is InChI=1S/C21H26N6O2S.HI/c1-4-22-21(24-10-9-23-19(28)18-15(3)26-13-30-18)25-11-17-12-29-20(27-17)16-7-5-14(2)6-8-16;/h5-8,12-13H,4,9-11H2,1-3H3,(H,23,28)(H2,22,24,25);1H. The molecule has 0 aliphatic carbocycles. The van der Waals surface area contributed by atoms with Gasteiger partial charge in [-0.05, 0) is 32.9 Å². The van der Waals surface area contributed by atoms with E-state index in [0.29, 0.717) is 36.4 Å². The van der Waals surface area contributed by atoms with E-state index < -0.39 is 0 Å². The Bertz CT molecular complexity index is 999. The zero-order valence-corrected chi connectivity index (χ0v) is 20.9. The first-order valence-electron chi connectivity index (χ1n) is 9.78. The molecule has 0 aliphatic rings. The predicted molar refractivity (Wildman–Crippen MR) is 134 cm³/mol. The number of benzene rings is 1. The Morgan fingerprint density at radius 2 is 1.87 bits per heavy atom. The third-order valence-electron chi connectivity index (χ3n) is 4.25. The zero-order valence-electron chi connectivity index (χ0n) is 17.8. The lowest BCUT2D eigenvalue weighted by molar-refractivity contribution is 0.0957. The number of halogens is 1. The van der Waals surface area contributed by atoms with Crippen LogP contribution in [0.25, 0.3) is 11.5 Å². The first-order chi connectivity index (χ1) is 14.6. The molecular formula is C21H27IN6O2S. The number of hydrogen-bond acceptors (Lipinski definition) is 6. The van der Waals surface area contributed by atoms with Crippen LogP contribution >= 0.6 is 35.3 Å². The highest BCUT2D eigenvalue weighted by atomic mass is 127. The van der Waals surface area contributed by atoms with Crippen LogP contribution in [-0.4, -0.2) is 41.5 Å². The van der Waals surface area contributed by atoms with Gasteiger partial charge < -0.3 is 20.4 Å². The number of carbonyl (C=O) groups is 1. The van der Waals surface area contributed by atoms with Gasteiger partial charge >= 0.3 is 0 Å². The van der Waals surface area contributed by atoms with Crippen molar-refractivity contribution in [2.75, 3.05) is 19.6 Å². The van der Waals surface area contributed by atoms with Crippen LogP contribution in [-0.2, 0) is 6.54 Å². The van der Waals surface area contributed by atoms with Crippen molar-refractivity contribution in [3.63, 3.8) is 0 Å². The topological polar surface area (TPSA) is 104 Å². The van der Waals surface area contributed by atoms with Crippen molar-refractivity contribution >= 4 is 47.2 Å². The Morgan fingerprint density at radius 1 is 1.13 bits per heavy atom. The third-order valence-corrected chi connectivity index (χ3v) is 5.18. The molecular weight excluding hydrogens is 527 g/mol. The molecule has 3 aromatic rings. The smallest absolute Gasteiger partial charge is 0.263 e. The molecule has 3 rings (SSSR count). The number of aliphatic imine (C=N–C) groups is 1. The van der Waals surface area contributed by atoms with E-state index in [0.717, 1.165) is 23.5 Å². The lowest BCUT2D eigenvalue weighted by Gasteiger charge is -2.11. The highest BCUT2D eigenvalue weighted by Gasteiger charge is 2.11. The highest BCUT2D eigenvalue weighted by Crippen LogP contribution is 2.19. The molecule has 1 amide bonds. The molecule has 2 heterocycles. The van der Waals surface area contributed by atoms with E-state index in [1.54, 1.807) is 11.8 Å². The van der Waals surface area contributed by atoms with Crippen molar-refractivity contribution in [3.8, 4) is 11.5 Å². The quantitative estimate of drug-likeness (QED) is 0.170. The van der Waals surface area contributed by atoms with Crippen molar-refractivity contribution in [2.24, 2.45) is 4.99 Å². The van der Waals surface area contributed by atoms with Crippen molar-refractivity contribution in [3.05, 3.63) is 57.9 Å². The summed E-state index contributed by atoms with van der Waals surface area (Å²) in [4.78, 5) is 25.9. The monoisotopic (exact) mass is 554 g/mol. The van der Waals surface area contributed by atoms with Crippen LogP contribution in [0.4, 0.5) is 0 Å². The maximum Gasteiger partial charge on any atom is 0.263 e. The number of aromatic nitrogens is 2. The summed E-state index contributed by atoms with van der Waals surface area (Å²) in [6.45, 7) is 8.00. The summed E-state index contributed by atoms with van der Waals surface area (Å²) >= 11 is 1.34. The maximum atomic E-state index is 12.1. The Labute approximate surface area is 203 Å². The molecule has 0 aliphatic heterocycles. The maximum absolute atomic E-state index is 12.1. The average molecular weight is 554 g/mol. The van der Waals surface area contributed by atoms with Gasteiger partial charge in [-0.25, -0.2) is 15.0 Å². The van der Waals surface area contributed by atoms with E-state index in [4.69, 9.17) is 4.42 Å². The molecule has 0 bridgehead atoms. The summed E-state index contributed by atoms with van der Waals surface area (Å²) in [6.07, 6.45) is 1.62. The first kappa shape index (κ1) is 24.8. The van der Waals surface area contributed by atoms with Gasteiger partial charge in [0.25, 0.3) is 5.91 Å². The summed E-state index contributed by atoms with van der Waals surface area (Å²) < 4.78 is 5.58. The number of guanidine groups is 1. The minimum Gasteiger partial charge on any atom is -0.444 e. The second-order valence-electron chi connectivity index (χ2n) is 6.65. The zero-order chi connectivity index (χ0) is 21.3. The molecule has 10 heteroatoms. The second kappa shape index (κ2) is 12.4. The Balaban J connectivity index is 0.00000341. The van der Waals surface area contributed by atoms with Gasteiger partial charge in [0, 0.05) is 25.2 Å². The summed E-state index contributed by atoms with van der Waals surface area (Å²) in [5.41, 5.74) is 5.30. The molecule has 0 atom stereocenters. The molecule has 0 unspecified atom stereocenters. The van der Waals surface area contributed by atoms with E-state index in [-0.39, 0.29) is 29.9 Å². The van der Waals surface area contributed by atoms with E-state index in [1.807, 2.05) is 45.0 Å². The summed E-state index contributed by atoms with van der Waals surface area (Å²) in [6, 6.07) is 8.03. The SMILES string of the molecule is CCNC(=NCc1coc(-c2ccc(C)cc2)n1)NCCNC(=O)c1scnc1C.I. The van der Waals surface area contributed by atoms with Gasteiger partial charge in [-0.15, -0.1) is 35.3 Å². The minimum atomic E-state index is -0.107. The van der Waals surface area contributed by atoms with Gasteiger partial charge in [0.05, 0.1) is 17.7 Å². The number of hydrogen-bond donors (Lipinski definition) is 3. The summed E-state index contributed by atoms with van der Waals surface area (Å²) in [7, 11) is 0. The van der Waals surface area contributed by atoms with Gasteiger partial charge in [-0.2, -0.15) is 0 Å². The normalized spacial score (nSPS) is 11.0. The number of oxazole rings is 1.